The molecule has 3 rings (SSSR count). The van der Waals surface area contributed by atoms with Crippen LogP contribution >= 0.6 is 0 Å². The van der Waals surface area contributed by atoms with E-state index in [2.05, 4.69) is 17.3 Å². The molecule has 2 saturated carbocycles. The van der Waals surface area contributed by atoms with Gasteiger partial charge in [0, 0.05) is 19.3 Å². The molecule has 5 heteroatoms. The number of aryl methyl sites for hydroxylation is 1. The number of hydrogen-bond donors (Lipinski definition) is 1. The second kappa shape index (κ2) is 6.03. The third-order valence-corrected chi connectivity index (χ3v) is 5.36. The molecule has 0 bridgehead atoms. The van der Waals surface area contributed by atoms with Gasteiger partial charge < -0.3 is 10.1 Å². The van der Waals surface area contributed by atoms with E-state index in [9.17, 15) is 4.79 Å². The Morgan fingerprint density at radius 2 is 2.18 bits per heavy atom. The van der Waals surface area contributed by atoms with Gasteiger partial charge in [0.15, 0.2) is 0 Å². The normalized spacial score (nSPS) is 21.8. The second-order valence-electron chi connectivity index (χ2n) is 6.97. The van der Waals surface area contributed by atoms with Crippen molar-refractivity contribution in [2.24, 2.45) is 5.92 Å². The molecule has 2 aliphatic carbocycles. The Kier molecular flexibility index (Phi) is 4.26. The molecule has 1 amide bonds. The highest BCUT2D eigenvalue weighted by molar-refractivity contribution is 5.92. The van der Waals surface area contributed by atoms with Crippen LogP contribution in [0.25, 0.3) is 0 Å². The molecule has 0 saturated heterocycles. The van der Waals surface area contributed by atoms with Crippen LogP contribution in [0.4, 0.5) is 0 Å². The van der Waals surface area contributed by atoms with E-state index in [0.717, 1.165) is 24.5 Å². The average Bonchev–Trinajstić information content (AvgIpc) is 3.14. The molecule has 0 aromatic carbocycles. The molecule has 2 aliphatic rings. The maximum Gasteiger partial charge on any atom is 0.271 e. The molecule has 22 heavy (non-hydrogen) atoms. The molecule has 0 radical (unpaired) electrons. The fourth-order valence-corrected chi connectivity index (χ4v) is 3.59. The van der Waals surface area contributed by atoms with E-state index < -0.39 is 0 Å². The van der Waals surface area contributed by atoms with E-state index in [1.807, 2.05) is 17.7 Å². The summed E-state index contributed by atoms with van der Waals surface area (Å²) in [6.45, 7) is 4.79. The molecular weight excluding hydrogens is 278 g/mol. The van der Waals surface area contributed by atoms with Crippen LogP contribution < -0.4 is 5.32 Å². The molecule has 5 nitrogen and oxygen atoms in total. The van der Waals surface area contributed by atoms with Crippen molar-refractivity contribution in [3.8, 4) is 0 Å². The van der Waals surface area contributed by atoms with E-state index in [1.54, 1.807) is 7.11 Å². The zero-order valence-corrected chi connectivity index (χ0v) is 13.9. The van der Waals surface area contributed by atoms with E-state index in [4.69, 9.17) is 4.74 Å². The van der Waals surface area contributed by atoms with Crippen LogP contribution in [-0.2, 0) is 4.74 Å². The summed E-state index contributed by atoms with van der Waals surface area (Å²) in [5.74, 6) is 0.637. The van der Waals surface area contributed by atoms with Crippen LogP contribution in [0.3, 0.4) is 0 Å². The first-order chi connectivity index (χ1) is 10.5. The zero-order valence-electron chi connectivity index (χ0n) is 13.9. The third kappa shape index (κ3) is 3.05. The van der Waals surface area contributed by atoms with Gasteiger partial charge in [-0.25, -0.2) is 0 Å². The van der Waals surface area contributed by atoms with Crippen molar-refractivity contribution in [3.05, 3.63) is 17.5 Å². The van der Waals surface area contributed by atoms with Crippen molar-refractivity contribution in [1.82, 2.24) is 15.1 Å². The number of carbonyl (C=O) groups excluding carboxylic acids is 1. The SMILES string of the molecule is COC1(CNC(=O)c2cc(C)n(C(C)C3CC3)n2)CCCC1. The Morgan fingerprint density at radius 3 is 2.77 bits per heavy atom. The minimum Gasteiger partial charge on any atom is -0.376 e. The lowest BCUT2D eigenvalue weighted by atomic mass is 10.0. The zero-order chi connectivity index (χ0) is 15.7. The fraction of sp³-hybridized carbons (Fsp3) is 0.765. The molecule has 1 N–H and O–H groups in total. The first kappa shape index (κ1) is 15.5. The summed E-state index contributed by atoms with van der Waals surface area (Å²) in [5.41, 5.74) is 1.41. The molecule has 1 heterocycles. The predicted molar refractivity (Wildman–Crippen MR) is 84.9 cm³/mol. The van der Waals surface area contributed by atoms with Crippen LogP contribution in [0.15, 0.2) is 6.07 Å². The first-order valence-corrected chi connectivity index (χ1v) is 8.44. The summed E-state index contributed by atoms with van der Waals surface area (Å²) < 4.78 is 7.66. The lowest BCUT2D eigenvalue weighted by Gasteiger charge is -2.27. The van der Waals surface area contributed by atoms with Gasteiger partial charge in [0.2, 0.25) is 0 Å². The van der Waals surface area contributed by atoms with Crippen molar-refractivity contribution in [2.75, 3.05) is 13.7 Å². The number of ether oxygens (including phenoxy) is 1. The van der Waals surface area contributed by atoms with Gasteiger partial charge in [-0.15, -0.1) is 0 Å². The average molecular weight is 305 g/mol. The number of aromatic nitrogens is 2. The maximum absolute atomic E-state index is 12.4. The number of hydrogen-bond acceptors (Lipinski definition) is 3. The van der Waals surface area contributed by atoms with Crippen molar-refractivity contribution in [3.63, 3.8) is 0 Å². The molecule has 1 atom stereocenters. The summed E-state index contributed by atoms with van der Waals surface area (Å²) in [5, 5.41) is 7.55. The van der Waals surface area contributed by atoms with Crippen LogP contribution in [0.2, 0.25) is 0 Å². The van der Waals surface area contributed by atoms with E-state index in [0.29, 0.717) is 18.3 Å². The lowest BCUT2D eigenvalue weighted by Crippen LogP contribution is -2.42. The van der Waals surface area contributed by atoms with Gasteiger partial charge in [-0.2, -0.15) is 5.10 Å². The fourth-order valence-electron chi connectivity index (χ4n) is 3.59. The molecule has 1 aromatic rings. The number of amides is 1. The van der Waals surface area contributed by atoms with Crippen LogP contribution in [0.5, 0.6) is 0 Å². The summed E-state index contributed by atoms with van der Waals surface area (Å²) in [4.78, 5) is 12.4. The van der Waals surface area contributed by atoms with Crippen molar-refractivity contribution in [1.29, 1.82) is 0 Å². The van der Waals surface area contributed by atoms with Gasteiger partial charge in [0.25, 0.3) is 5.91 Å². The second-order valence-corrected chi connectivity index (χ2v) is 6.97. The van der Waals surface area contributed by atoms with Crippen molar-refractivity contribution in [2.45, 2.75) is 64.0 Å². The third-order valence-electron chi connectivity index (χ3n) is 5.36. The molecule has 2 fully saturated rings. The summed E-state index contributed by atoms with van der Waals surface area (Å²) >= 11 is 0. The standard InChI is InChI=1S/C17H27N3O2/c1-12-10-15(19-20(12)13(2)14-6-7-14)16(21)18-11-17(22-3)8-4-5-9-17/h10,13-14H,4-9,11H2,1-3H3,(H,18,21). The number of nitrogens with zero attached hydrogens (tertiary/aromatic N) is 2. The van der Waals surface area contributed by atoms with Gasteiger partial charge >= 0.3 is 0 Å². The van der Waals surface area contributed by atoms with E-state index in [-0.39, 0.29) is 11.5 Å². The highest BCUT2D eigenvalue weighted by Gasteiger charge is 2.34. The lowest BCUT2D eigenvalue weighted by molar-refractivity contribution is -0.00264. The highest BCUT2D eigenvalue weighted by Crippen LogP contribution is 2.39. The minimum absolute atomic E-state index is 0.0897. The van der Waals surface area contributed by atoms with Gasteiger partial charge in [-0.05, 0) is 51.5 Å². The Morgan fingerprint density at radius 1 is 1.50 bits per heavy atom. The predicted octanol–water partition coefficient (Wildman–Crippen LogP) is 2.85. The molecule has 1 unspecified atom stereocenters. The van der Waals surface area contributed by atoms with Crippen molar-refractivity contribution >= 4 is 5.91 Å². The quantitative estimate of drug-likeness (QED) is 0.879. The topological polar surface area (TPSA) is 56.1 Å². The van der Waals surface area contributed by atoms with Crippen LogP contribution in [-0.4, -0.2) is 34.9 Å². The van der Waals surface area contributed by atoms with Crippen LogP contribution in [0, 0.1) is 12.8 Å². The van der Waals surface area contributed by atoms with Gasteiger partial charge in [-0.1, -0.05) is 12.8 Å². The molecule has 0 spiro atoms. The number of rotatable bonds is 6. The smallest absolute Gasteiger partial charge is 0.271 e. The molecular formula is C17H27N3O2. The minimum atomic E-state index is -0.172. The van der Waals surface area contributed by atoms with E-state index in [1.165, 1.54) is 25.7 Å². The molecule has 0 aliphatic heterocycles. The Balaban J connectivity index is 1.63. The first-order valence-electron chi connectivity index (χ1n) is 8.44. The molecule has 122 valence electrons. The maximum atomic E-state index is 12.4. The number of methoxy groups -OCH3 is 1. The highest BCUT2D eigenvalue weighted by atomic mass is 16.5. The Labute approximate surface area is 132 Å². The van der Waals surface area contributed by atoms with Crippen molar-refractivity contribution < 1.29 is 9.53 Å². The number of carbonyl (C=O) groups is 1. The summed E-state index contributed by atoms with van der Waals surface area (Å²) in [6.07, 6.45) is 6.95. The number of nitrogens with one attached hydrogen (secondary N) is 1. The van der Waals surface area contributed by atoms with Gasteiger partial charge in [-0.3, -0.25) is 9.48 Å². The van der Waals surface area contributed by atoms with E-state index >= 15 is 0 Å². The van der Waals surface area contributed by atoms with Gasteiger partial charge in [0.05, 0.1) is 11.6 Å². The summed E-state index contributed by atoms with van der Waals surface area (Å²) in [7, 11) is 1.74. The largest absolute Gasteiger partial charge is 0.376 e. The monoisotopic (exact) mass is 305 g/mol. The Hall–Kier alpha value is -1.36. The van der Waals surface area contributed by atoms with Crippen LogP contribution in [0.1, 0.15) is 67.7 Å². The molecule has 1 aromatic heterocycles. The summed E-state index contributed by atoms with van der Waals surface area (Å²) in [6, 6.07) is 2.28. The van der Waals surface area contributed by atoms with Gasteiger partial charge in [0.1, 0.15) is 5.69 Å². The Bertz CT molecular complexity index is 542.